The van der Waals surface area contributed by atoms with Crippen LogP contribution < -0.4 is 16.0 Å². The number of carbonyl (C=O) groups excluding carboxylic acids is 3. The zero-order chi connectivity index (χ0) is 14.7. The number of carbonyl (C=O) groups is 3. The van der Waals surface area contributed by atoms with Crippen LogP contribution in [0.2, 0.25) is 0 Å². The molecule has 6 nitrogen and oxygen atoms in total. The number of anilines is 1. The molecular formula is C12H11F2N3O3. The van der Waals surface area contributed by atoms with E-state index in [2.05, 4.69) is 10.6 Å². The Morgan fingerprint density at radius 2 is 2.05 bits per heavy atom. The van der Waals surface area contributed by atoms with Crippen LogP contribution in [0.25, 0.3) is 0 Å². The third kappa shape index (κ3) is 3.28. The standard InChI is InChI=1S/C12H11F2N3O3/c13-6-1-2-8(7(14)5-6)15-10(18)4-3-9-11(19)17-12(20)16-9/h1-2,5,9H,3-4H2,(H,15,18)(H2,16,17,19,20). The summed E-state index contributed by atoms with van der Waals surface area (Å²) in [7, 11) is 0. The summed E-state index contributed by atoms with van der Waals surface area (Å²) >= 11 is 0. The molecule has 2 rings (SSSR count). The van der Waals surface area contributed by atoms with Crippen molar-refractivity contribution in [2.24, 2.45) is 0 Å². The number of hydrogen-bond donors (Lipinski definition) is 3. The molecule has 1 atom stereocenters. The number of halogens is 2. The molecule has 0 aliphatic carbocycles. The van der Waals surface area contributed by atoms with Gasteiger partial charge in [0.25, 0.3) is 5.91 Å². The van der Waals surface area contributed by atoms with Gasteiger partial charge in [-0.25, -0.2) is 13.6 Å². The van der Waals surface area contributed by atoms with Crippen molar-refractivity contribution in [3.63, 3.8) is 0 Å². The molecule has 0 aromatic heterocycles. The summed E-state index contributed by atoms with van der Waals surface area (Å²) in [6.45, 7) is 0. The normalized spacial score (nSPS) is 17.6. The van der Waals surface area contributed by atoms with Crippen molar-refractivity contribution < 1.29 is 23.2 Å². The molecule has 4 amide bonds. The minimum Gasteiger partial charge on any atom is -0.326 e. The summed E-state index contributed by atoms with van der Waals surface area (Å²) in [5.41, 5.74) is -0.142. The molecule has 1 fully saturated rings. The molecule has 1 heterocycles. The molecule has 0 saturated carbocycles. The first-order chi connectivity index (χ1) is 9.45. The maximum absolute atomic E-state index is 13.3. The molecule has 8 heteroatoms. The van der Waals surface area contributed by atoms with Gasteiger partial charge in [-0.2, -0.15) is 0 Å². The first-order valence-electron chi connectivity index (χ1n) is 5.82. The van der Waals surface area contributed by atoms with Crippen molar-refractivity contribution in [2.45, 2.75) is 18.9 Å². The lowest BCUT2D eigenvalue weighted by Gasteiger charge is -2.08. The summed E-state index contributed by atoms with van der Waals surface area (Å²) in [5.74, 6) is -2.67. The van der Waals surface area contributed by atoms with Crippen LogP contribution in [-0.2, 0) is 9.59 Å². The van der Waals surface area contributed by atoms with E-state index in [1.54, 1.807) is 0 Å². The van der Waals surface area contributed by atoms with Gasteiger partial charge in [0, 0.05) is 12.5 Å². The maximum atomic E-state index is 13.3. The maximum Gasteiger partial charge on any atom is 0.322 e. The summed E-state index contributed by atoms with van der Waals surface area (Å²) < 4.78 is 26.0. The predicted octanol–water partition coefficient (Wildman–Crippen LogP) is 0.891. The molecule has 20 heavy (non-hydrogen) atoms. The van der Waals surface area contributed by atoms with Crippen molar-refractivity contribution in [2.75, 3.05) is 5.32 Å². The van der Waals surface area contributed by atoms with E-state index < -0.39 is 35.5 Å². The van der Waals surface area contributed by atoms with E-state index in [4.69, 9.17) is 0 Å². The van der Waals surface area contributed by atoms with Crippen LogP contribution in [0.4, 0.5) is 19.3 Å². The second-order valence-corrected chi connectivity index (χ2v) is 4.23. The minimum absolute atomic E-state index is 0.0881. The molecule has 0 bridgehead atoms. The van der Waals surface area contributed by atoms with E-state index in [1.807, 2.05) is 5.32 Å². The molecule has 3 N–H and O–H groups in total. The molecule has 0 spiro atoms. The fraction of sp³-hybridized carbons (Fsp3) is 0.250. The zero-order valence-corrected chi connectivity index (χ0v) is 10.2. The Morgan fingerprint density at radius 1 is 1.30 bits per heavy atom. The molecule has 1 aromatic carbocycles. The van der Waals surface area contributed by atoms with Gasteiger partial charge < -0.3 is 10.6 Å². The summed E-state index contributed by atoms with van der Waals surface area (Å²) in [4.78, 5) is 33.6. The number of amides is 4. The van der Waals surface area contributed by atoms with Gasteiger partial charge in [-0.05, 0) is 18.6 Å². The molecule has 1 aliphatic rings. The molecule has 1 unspecified atom stereocenters. The van der Waals surface area contributed by atoms with Gasteiger partial charge in [-0.15, -0.1) is 0 Å². The first-order valence-corrected chi connectivity index (χ1v) is 5.82. The average Bonchev–Trinajstić information content (AvgIpc) is 2.69. The monoisotopic (exact) mass is 283 g/mol. The van der Waals surface area contributed by atoms with Crippen LogP contribution in [0, 0.1) is 11.6 Å². The first kappa shape index (κ1) is 13.9. The molecule has 1 aromatic rings. The Hall–Kier alpha value is -2.51. The Labute approximate surface area is 112 Å². The number of nitrogens with one attached hydrogen (secondary N) is 3. The SMILES string of the molecule is O=C(CCC1NC(=O)NC1=O)Nc1ccc(F)cc1F. The van der Waals surface area contributed by atoms with Crippen molar-refractivity contribution >= 4 is 23.5 Å². The van der Waals surface area contributed by atoms with Crippen LogP contribution in [0.1, 0.15) is 12.8 Å². The van der Waals surface area contributed by atoms with E-state index in [1.165, 1.54) is 0 Å². The number of benzene rings is 1. The number of rotatable bonds is 4. The van der Waals surface area contributed by atoms with Crippen LogP contribution in [0.5, 0.6) is 0 Å². The van der Waals surface area contributed by atoms with Gasteiger partial charge in [0.15, 0.2) is 0 Å². The predicted molar refractivity (Wildman–Crippen MR) is 64.7 cm³/mol. The van der Waals surface area contributed by atoms with Gasteiger partial charge in [0.2, 0.25) is 5.91 Å². The summed E-state index contributed by atoms with van der Waals surface area (Å²) in [6, 6.07) is 1.40. The Kier molecular flexibility index (Phi) is 3.92. The number of hydrogen-bond acceptors (Lipinski definition) is 3. The van der Waals surface area contributed by atoms with Crippen LogP contribution in [0.3, 0.4) is 0 Å². The van der Waals surface area contributed by atoms with E-state index in [0.29, 0.717) is 6.07 Å². The lowest BCUT2D eigenvalue weighted by Crippen LogP contribution is -2.30. The van der Waals surface area contributed by atoms with Crippen LogP contribution in [-0.4, -0.2) is 23.9 Å². The molecular weight excluding hydrogens is 272 g/mol. The smallest absolute Gasteiger partial charge is 0.322 e. The third-order valence-electron chi connectivity index (χ3n) is 2.72. The van der Waals surface area contributed by atoms with Crippen LogP contribution in [0.15, 0.2) is 18.2 Å². The summed E-state index contributed by atoms with van der Waals surface area (Å²) in [6.07, 6.45) is 0.00139. The number of imide groups is 1. The van der Waals surface area contributed by atoms with Gasteiger partial charge >= 0.3 is 6.03 Å². The number of urea groups is 1. The zero-order valence-electron chi connectivity index (χ0n) is 10.2. The fourth-order valence-corrected chi connectivity index (χ4v) is 1.74. The van der Waals surface area contributed by atoms with Crippen molar-refractivity contribution in [1.82, 2.24) is 10.6 Å². The van der Waals surface area contributed by atoms with Crippen molar-refractivity contribution in [3.05, 3.63) is 29.8 Å². The van der Waals surface area contributed by atoms with E-state index in [9.17, 15) is 23.2 Å². The summed E-state index contributed by atoms with van der Waals surface area (Å²) in [5, 5.41) is 6.63. The second kappa shape index (κ2) is 5.64. The molecule has 106 valence electrons. The highest BCUT2D eigenvalue weighted by molar-refractivity contribution is 6.04. The largest absolute Gasteiger partial charge is 0.326 e. The Bertz CT molecular complexity index is 577. The second-order valence-electron chi connectivity index (χ2n) is 4.23. The van der Waals surface area contributed by atoms with E-state index in [-0.39, 0.29) is 18.5 Å². The van der Waals surface area contributed by atoms with Gasteiger partial charge in [0.1, 0.15) is 17.7 Å². The lowest BCUT2D eigenvalue weighted by atomic mass is 10.1. The highest BCUT2D eigenvalue weighted by atomic mass is 19.1. The highest BCUT2D eigenvalue weighted by Gasteiger charge is 2.29. The van der Waals surface area contributed by atoms with Crippen LogP contribution >= 0.6 is 0 Å². The Balaban J connectivity index is 1.86. The molecule has 0 radical (unpaired) electrons. The minimum atomic E-state index is -0.884. The quantitative estimate of drug-likeness (QED) is 0.717. The highest BCUT2D eigenvalue weighted by Crippen LogP contribution is 2.15. The lowest BCUT2D eigenvalue weighted by molar-refractivity contribution is -0.120. The Morgan fingerprint density at radius 3 is 2.65 bits per heavy atom. The van der Waals surface area contributed by atoms with Crippen molar-refractivity contribution in [1.29, 1.82) is 0 Å². The fourth-order valence-electron chi connectivity index (χ4n) is 1.74. The van der Waals surface area contributed by atoms with E-state index >= 15 is 0 Å². The van der Waals surface area contributed by atoms with Crippen molar-refractivity contribution in [3.8, 4) is 0 Å². The van der Waals surface area contributed by atoms with Gasteiger partial charge in [-0.1, -0.05) is 0 Å². The molecule has 1 aliphatic heterocycles. The average molecular weight is 283 g/mol. The molecule has 1 saturated heterocycles. The van der Waals surface area contributed by atoms with E-state index in [0.717, 1.165) is 12.1 Å². The third-order valence-corrected chi connectivity index (χ3v) is 2.72. The van der Waals surface area contributed by atoms with Gasteiger partial charge in [-0.3, -0.25) is 14.9 Å². The topological polar surface area (TPSA) is 87.3 Å². The van der Waals surface area contributed by atoms with Gasteiger partial charge in [0.05, 0.1) is 5.69 Å².